The smallest absolute Gasteiger partial charge is 0.379 e. The number of hydrogen-bond acceptors (Lipinski definition) is 3. The summed E-state index contributed by atoms with van der Waals surface area (Å²) < 4.78 is 5.56. The maximum Gasteiger partial charge on any atom is 0.379 e. The van der Waals surface area contributed by atoms with Gasteiger partial charge in [0.2, 0.25) is 0 Å². The van der Waals surface area contributed by atoms with Crippen molar-refractivity contribution in [1.82, 2.24) is 0 Å². The minimum Gasteiger partial charge on any atom is -0.456 e. The third-order valence-electron chi connectivity index (χ3n) is 4.44. The van der Waals surface area contributed by atoms with Crippen LogP contribution in [0.4, 0.5) is 0 Å². The molecule has 1 saturated carbocycles. The Balaban J connectivity index is 2.04. The van der Waals surface area contributed by atoms with E-state index >= 15 is 0 Å². The molecule has 0 N–H and O–H groups in total. The molecule has 0 spiro atoms. The van der Waals surface area contributed by atoms with Gasteiger partial charge in [-0.2, -0.15) is 0 Å². The maximum absolute atomic E-state index is 12.1. The van der Waals surface area contributed by atoms with Crippen molar-refractivity contribution in [2.24, 2.45) is 17.8 Å². The standard InChI is InChI=1S/C18H24O3/c1-12(2)15-10-9-13(3)11-16(15)21-18(20)17(19)14-7-5-4-6-8-14/h4-8,12-13,15-16H,9-11H2,1-3H3/t13-,15-,16+/m0/s1. The van der Waals surface area contributed by atoms with Crippen LogP contribution in [0.5, 0.6) is 0 Å². The molecule has 0 radical (unpaired) electrons. The zero-order chi connectivity index (χ0) is 15.4. The molecule has 3 atom stereocenters. The zero-order valence-corrected chi connectivity index (χ0v) is 13.0. The van der Waals surface area contributed by atoms with Gasteiger partial charge in [0.05, 0.1) is 0 Å². The van der Waals surface area contributed by atoms with E-state index in [1.807, 2.05) is 6.07 Å². The van der Waals surface area contributed by atoms with Crippen LogP contribution in [0.1, 0.15) is 50.4 Å². The highest BCUT2D eigenvalue weighted by Gasteiger charge is 2.34. The van der Waals surface area contributed by atoms with Crippen LogP contribution in [0.25, 0.3) is 0 Å². The lowest BCUT2D eigenvalue weighted by Gasteiger charge is -2.36. The molecular weight excluding hydrogens is 264 g/mol. The summed E-state index contributed by atoms with van der Waals surface area (Å²) in [6.45, 7) is 6.48. The molecule has 0 bridgehead atoms. The van der Waals surface area contributed by atoms with Crippen molar-refractivity contribution < 1.29 is 14.3 Å². The molecule has 1 aliphatic carbocycles. The molecule has 1 aromatic carbocycles. The van der Waals surface area contributed by atoms with Gasteiger partial charge in [-0.3, -0.25) is 4.79 Å². The number of benzene rings is 1. The van der Waals surface area contributed by atoms with E-state index in [0.29, 0.717) is 23.3 Å². The molecule has 3 heteroatoms. The predicted molar refractivity (Wildman–Crippen MR) is 82.0 cm³/mol. The van der Waals surface area contributed by atoms with E-state index in [0.717, 1.165) is 12.8 Å². The van der Waals surface area contributed by atoms with Gasteiger partial charge in [-0.25, -0.2) is 4.79 Å². The molecule has 0 amide bonds. The number of carbonyl (C=O) groups is 2. The normalized spacial score (nSPS) is 25.6. The Hall–Kier alpha value is -1.64. The van der Waals surface area contributed by atoms with Crippen LogP contribution in [0.2, 0.25) is 0 Å². The first-order valence-electron chi connectivity index (χ1n) is 7.79. The van der Waals surface area contributed by atoms with Gasteiger partial charge < -0.3 is 4.74 Å². The van der Waals surface area contributed by atoms with Gasteiger partial charge in [-0.05, 0) is 30.6 Å². The molecule has 0 aliphatic heterocycles. The Morgan fingerprint density at radius 1 is 1.14 bits per heavy atom. The van der Waals surface area contributed by atoms with Crippen LogP contribution < -0.4 is 0 Å². The summed E-state index contributed by atoms with van der Waals surface area (Å²) in [5.41, 5.74) is 0.396. The SMILES string of the molecule is CC(C)[C@@H]1CC[C@H](C)C[C@H]1OC(=O)C(=O)c1ccccc1. The van der Waals surface area contributed by atoms with Crippen molar-refractivity contribution in [2.75, 3.05) is 0 Å². The van der Waals surface area contributed by atoms with E-state index in [1.54, 1.807) is 24.3 Å². The van der Waals surface area contributed by atoms with Crippen LogP contribution in [0, 0.1) is 17.8 Å². The van der Waals surface area contributed by atoms with E-state index in [9.17, 15) is 9.59 Å². The number of ether oxygens (including phenoxy) is 1. The molecule has 0 aromatic heterocycles. The van der Waals surface area contributed by atoms with Gasteiger partial charge in [0, 0.05) is 5.56 Å². The van der Waals surface area contributed by atoms with Crippen LogP contribution >= 0.6 is 0 Å². The topological polar surface area (TPSA) is 43.4 Å². The minimum atomic E-state index is -0.717. The second-order valence-electron chi connectivity index (χ2n) is 6.47. The Morgan fingerprint density at radius 3 is 2.43 bits per heavy atom. The van der Waals surface area contributed by atoms with Crippen LogP contribution in [0.15, 0.2) is 30.3 Å². The average molecular weight is 288 g/mol. The second-order valence-corrected chi connectivity index (χ2v) is 6.47. The van der Waals surface area contributed by atoms with Crippen LogP contribution in [0.3, 0.4) is 0 Å². The first-order valence-corrected chi connectivity index (χ1v) is 7.79. The summed E-state index contributed by atoms with van der Waals surface area (Å²) in [6.07, 6.45) is 2.96. The van der Waals surface area contributed by atoms with Gasteiger partial charge in [-0.1, -0.05) is 57.5 Å². The second kappa shape index (κ2) is 6.88. The lowest BCUT2D eigenvalue weighted by atomic mass is 9.75. The van der Waals surface area contributed by atoms with Gasteiger partial charge in [0.15, 0.2) is 0 Å². The molecule has 21 heavy (non-hydrogen) atoms. The lowest BCUT2D eigenvalue weighted by Crippen LogP contribution is -2.37. The Kier molecular flexibility index (Phi) is 5.16. The molecule has 3 nitrogen and oxygen atoms in total. The summed E-state index contributed by atoms with van der Waals surface area (Å²) >= 11 is 0. The van der Waals surface area contributed by atoms with Crippen molar-refractivity contribution in [2.45, 2.75) is 46.1 Å². The highest BCUT2D eigenvalue weighted by Crippen LogP contribution is 2.35. The van der Waals surface area contributed by atoms with E-state index in [-0.39, 0.29) is 6.10 Å². The summed E-state index contributed by atoms with van der Waals surface area (Å²) in [7, 11) is 0. The van der Waals surface area contributed by atoms with E-state index in [4.69, 9.17) is 4.74 Å². The van der Waals surface area contributed by atoms with Crippen LogP contribution in [-0.2, 0) is 9.53 Å². The van der Waals surface area contributed by atoms with Crippen molar-refractivity contribution in [3.05, 3.63) is 35.9 Å². The van der Waals surface area contributed by atoms with Crippen LogP contribution in [-0.4, -0.2) is 17.9 Å². The molecule has 1 aromatic rings. The Labute approximate surface area is 126 Å². The average Bonchev–Trinajstić information content (AvgIpc) is 2.47. The molecule has 1 aliphatic rings. The maximum atomic E-state index is 12.1. The van der Waals surface area contributed by atoms with E-state index in [2.05, 4.69) is 20.8 Å². The molecule has 114 valence electrons. The van der Waals surface area contributed by atoms with Gasteiger partial charge in [0.1, 0.15) is 6.10 Å². The summed E-state index contributed by atoms with van der Waals surface area (Å²) in [6, 6.07) is 8.61. The number of esters is 1. The van der Waals surface area contributed by atoms with E-state index in [1.165, 1.54) is 6.42 Å². The summed E-state index contributed by atoms with van der Waals surface area (Å²) in [5.74, 6) is 0.0998. The first-order chi connectivity index (χ1) is 9.99. The van der Waals surface area contributed by atoms with Gasteiger partial charge in [0.25, 0.3) is 5.78 Å². The fourth-order valence-electron chi connectivity index (χ4n) is 3.15. The quantitative estimate of drug-likeness (QED) is 0.480. The van der Waals surface area contributed by atoms with Gasteiger partial charge in [-0.15, -0.1) is 0 Å². The third-order valence-corrected chi connectivity index (χ3v) is 4.44. The molecular formula is C18H24O3. The number of carbonyl (C=O) groups excluding carboxylic acids is 2. The fourth-order valence-corrected chi connectivity index (χ4v) is 3.15. The monoisotopic (exact) mass is 288 g/mol. The van der Waals surface area contributed by atoms with Crippen molar-refractivity contribution >= 4 is 11.8 Å². The molecule has 0 heterocycles. The fraction of sp³-hybridized carbons (Fsp3) is 0.556. The molecule has 2 rings (SSSR count). The number of rotatable bonds is 4. The minimum absolute atomic E-state index is 0.131. The summed E-state index contributed by atoms with van der Waals surface area (Å²) in [5, 5.41) is 0. The highest BCUT2D eigenvalue weighted by atomic mass is 16.5. The largest absolute Gasteiger partial charge is 0.456 e. The first kappa shape index (κ1) is 15.7. The van der Waals surface area contributed by atoms with Gasteiger partial charge >= 0.3 is 5.97 Å². The highest BCUT2D eigenvalue weighted by molar-refractivity contribution is 6.40. The number of hydrogen-bond donors (Lipinski definition) is 0. The summed E-state index contributed by atoms with van der Waals surface area (Å²) in [4.78, 5) is 24.2. The van der Waals surface area contributed by atoms with E-state index < -0.39 is 11.8 Å². The molecule has 0 saturated heterocycles. The molecule has 1 fully saturated rings. The number of Topliss-reactive ketones (excluding diaryl/α,β-unsaturated/α-hetero) is 1. The number of ketones is 1. The van der Waals surface area contributed by atoms with Crippen molar-refractivity contribution in [3.8, 4) is 0 Å². The van der Waals surface area contributed by atoms with Crippen molar-refractivity contribution in [1.29, 1.82) is 0 Å². The third kappa shape index (κ3) is 3.93. The Morgan fingerprint density at radius 2 is 1.81 bits per heavy atom. The molecule has 0 unspecified atom stereocenters. The van der Waals surface area contributed by atoms with Crippen molar-refractivity contribution in [3.63, 3.8) is 0 Å². The Bertz CT molecular complexity index is 492. The lowest BCUT2D eigenvalue weighted by molar-refractivity contribution is -0.149. The zero-order valence-electron chi connectivity index (χ0n) is 13.0. The predicted octanol–water partition coefficient (Wildman–Crippen LogP) is 3.87.